The van der Waals surface area contributed by atoms with Crippen molar-refractivity contribution in [3.8, 4) is 0 Å². The lowest BCUT2D eigenvalue weighted by Crippen LogP contribution is -2.38. The van der Waals surface area contributed by atoms with E-state index in [2.05, 4.69) is 26.2 Å². The lowest BCUT2D eigenvalue weighted by Gasteiger charge is -2.17. The molecule has 0 aliphatic carbocycles. The molecule has 0 fully saturated rings. The first kappa shape index (κ1) is 15.6. The van der Waals surface area contributed by atoms with Gasteiger partial charge in [-0.3, -0.25) is 10.1 Å². The molecule has 0 amide bonds. The first-order chi connectivity index (χ1) is 9.90. The molecule has 2 atom stereocenters. The Bertz CT molecular complexity index is 678. The van der Waals surface area contributed by atoms with Crippen LogP contribution in [0.15, 0.2) is 28.9 Å². The minimum Gasteiger partial charge on any atom is -0.392 e. The summed E-state index contributed by atoms with van der Waals surface area (Å²) in [5.41, 5.74) is 6.62. The molecule has 0 spiro atoms. The lowest BCUT2D eigenvalue weighted by atomic mass is 10.1. The van der Waals surface area contributed by atoms with Gasteiger partial charge in [0.25, 0.3) is 0 Å². The van der Waals surface area contributed by atoms with E-state index < -0.39 is 17.1 Å². The van der Waals surface area contributed by atoms with E-state index >= 15 is 0 Å². The number of rotatable bonds is 5. The summed E-state index contributed by atoms with van der Waals surface area (Å²) in [4.78, 5) is 14.7. The fourth-order valence-electron chi connectivity index (χ4n) is 1.87. The Morgan fingerprint density at radius 1 is 1.57 bits per heavy atom. The van der Waals surface area contributed by atoms with Gasteiger partial charge in [0.1, 0.15) is 11.9 Å². The number of benzene rings is 1. The summed E-state index contributed by atoms with van der Waals surface area (Å²) in [5, 5.41) is 24.2. The Labute approximate surface area is 129 Å². The highest BCUT2D eigenvalue weighted by Gasteiger charge is 2.19. The number of aromatic nitrogens is 1. The molecule has 0 aliphatic rings. The van der Waals surface area contributed by atoms with Crippen LogP contribution in [0.25, 0.3) is 10.9 Å². The van der Waals surface area contributed by atoms with Crippen LogP contribution in [0.2, 0.25) is 0 Å². The Morgan fingerprint density at radius 3 is 2.90 bits per heavy atom. The van der Waals surface area contributed by atoms with Crippen molar-refractivity contribution >= 4 is 38.2 Å². The largest absolute Gasteiger partial charge is 0.392 e. The summed E-state index contributed by atoms with van der Waals surface area (Å²) in [5.74, 6) is 0. The number of aliphatic hydroxyl groups is 1. The Hall–Kier alpha value is -1.77. The number of anilines is 1. The first-order valence-electron chi connectivity index (χ1n) is 6.30. The predicted octanol–water partition coefficient (Wildman–Crippen LogP) is 2.03. The number of hydrogen-bond donors (Lipinski definition) is 3. The third-order valence-electron chi connectivity index (χ3n) is 3.14. The van der Waals surface area contributed by atoms with Gasteiger partial charge in [-0.05, 0) is 25.1 Å². The normalized spacial score (nSPS) is 13.9. The molecule has 21 heavy (non-hydrogen) atoms. The second-order valence-electron chi connectivity index (χ2n) is 4.72. The molecule has 2 rings (SSSR count). The molecular weight excluding hydrogens is 340 g/mol. The maximum Gasteiger partial charge on any atom is 0.311 e. The molecule has 8 heteroatoms. The molecule has 2 aromatic rings. The van der Waals surface area contributed by atoms with Crippen LogP contribution < -0.4 is 11.1 Å². The molecule has 0 aliphatic heterocycles. The highest BCUT2D eigenvalue weighted by Crippen LogP contribution is 2.33. The van der Waals surface area contributed by atoms with E-state index in [9.17, 15) is 15.2 Å². The van der Waals surface area contributed by atoms with Crippen LogP contribution in [0.3, 0.4) is 0 Å². The molecule has 0 bridgehead atoms. The molecule has 0 saturated heterocycles. The summed E-state index contributed by atoms with van der Waals surface area (Å²) in [6.07, 6.45) is 0.503. The number of pyridine rings is 1. The van der Waals surface area contributed by atoms with Crippen LogP contribution >= 0.6 is 15.9 Å². The number of nitrogens with one attached hydrogen (secondary N) is 1. The molecule has 0 radical (unpaired) electrons. The molecule has 2 unspecified atom stereocenters. The van der Waals surface area contributed by atoms with Crippen molar-refractivity contribution < 1.29 is 10.0 Å². The molecule has 7 nitrogen and oxygen atoms in total. The third-order valence-corrected chi connectivity index (χ3v) is 3.63. The number of nitro groups is 1. The Morgan fingerprint density at radius 2 is 2.29 bits per heavy atom. The summed E-state index contributed by atoms with van der Waals surface area (Å²) in [7, 11) is 0. The van der Waals surface area contributed by atoms with Gasteiger partial charge in [0.05, 0.1) is 16.5 Å². The van der Waals surface area contributed by atoms with Gasteiger partial charge in [-0.15, -0.1) is 0 Å². The van der Waals surface area contributed by atoms with E-state index in [0.29, 0.717) is 16.6 Å². The van der Waals surface area contributed by atoms with E-state index in [1.165, 1.54) is 6.20 Å². The minimum atomic E-state index is -0.712. The van der Waals surface area contributed by atoms with Crippen LogP contribution in [-0.4, -0.2) is 33.7 Å². The lowest BCUT2D eigenvalue weighted by molar-refractivity contribution is -0.384. The fraction of sp³-hybridized carbons (Fsp3) is 0.308. The first-order valence-corrected chi connectivity index (χ1v) is 7.09. The van der Waals surface area contributed by atoms with Crippen molar-refractivity contribution in [2.75, 3.05) is 11.9 Å². The number of halogens is 1. The van der Waals surface area contributed by atoms with Gasteiger partial charge in [-0.25, -0.2) is 4.98 Å². The van der Waals surface area contributed by atoms with Gasteiger partial charge in [0.2, 0.25) is 0 Å². The number of aliphatic hydroxyl groups excluding tert-OH is 1. The van der Waals surface area contributed by atoms with Gasteiger partial charge in [-0.1, -0.05) is 15.9 Å². The summed E-state index contributed by atoms with van der Waals surface area (Å²) < 4.78 is 0.792. The SMILES string of the molecule is CC(O)C(N)CNc1c([N+](=O)[O-])cnc2ccc(Br)cc12. The average molecular weight is 355 g/mol. The van der Waals surface area contributed by atoms with E-state index in [-0.39, 0.29) is 12.2 Å². The fourth-order valence-corrected chi connectivity index (χ4v) is 2.23. The zero-order chi connectivity index (χ0) is 15.6. The second kappa shape index (κ2) is 6.33. The summed E-state index contributed by atoms with van der Waals surface area (Å²) >= 11 is 3.34. The van der Waals surface area contributed by atoms with Crippen molar-refractivity contribution in [3.05, 3.63) is 39.0 Å². The molecular formula is C13H15BrN4O3. The molecule has 1 heterocycles. The summed E-state index contributed by atoms with van der Waals surface area (Å²) in [6, 6.07) is 4.81. The smallest absolute Gasteiger partial charge is 0.311 e. The van der Waals surface area contributed by atoms with Gasteiger partial charge in [-0.2, -0.15) is 0 Å². The van der Waals surface area contributed by atoms with Crippen LogP contribution in [0.1, 0.15) is 6.92 Å². The Balaban J connectivity index is 2.48. The van der Waals surface area contributed by atoms with Crippen LogP contribution in [0.5, 0.6) is 0 Å². The summed E-state index contributed by atoms with van der Waals surface area (Å²) in [6.45, 7) is 1.78. The van der Waals surface area contributed by atoms with Crippen molar-refractivity contribution in [3.63, 3.8) is 0 Å². The van der Waals surface area contributed by atoms with Crippen molar-refractivity contribution in [1.29, 1.82) is 0 Å². The van der Waals surface area contributed by atoms with Gasteiger partial charge in [0, 0.05) is 22.4 Å². The molecule has 0 saturated carbocycles. The zero-order valence-electron chi connectivity index (χ0n) is 11.3. The molecule has 4 N–H and O–H groups in total. The van der Waals surface area contributed by atoms with Gasteiger partial charge in [0.15, 0.2) is 0 Å². The zero-order valence-corrected chi connectivity index (χ0v) is 12.9. The maximum absolute atomic E-state index is 11.2. The predicted molar refractivity (Wildman–Crippen MR) is 84.2 cm³/mol. The van der Waals surface area contributed by atoms with Crippen molar-refractivity contribution in [2.24, 2.45) is 5.73 Å². The number of fused-ring (bicyclic) bond motifs is 1. The quantitative estimate of drug-likeness (QED) is 0.559. The van der Waals surface area contributed by atoms with Gasteiger partial charge < -0.3 is 16.2 Å². The third kappa shape index (κ3) is 3.46. The standard InChI is InChI=1S/C13H15BrN4O3/c1-7(19)10(15)5-17-13-9-4-8(14)2-3-11(9)16-6-12(13)18(20)21/h2-4,6-7,10,19H,5,15H2,1H3,(H,16,17). The van der Waals surface area contributed by atoms with Crippen molar-refractivity contribution in [2.45, 2.75) is 19.1 Å². The molecule has 1 aromatic heterocycles. The molecule has 1 aromatic carbocycles. The topological polar surface area (TPSA) is 114 Å². The Kier molecular flexibility index (Phi) is 4.71. The van der Waals surface area contributed by atoms with Crippen LogP contribution in [0.4, 0.5) is 11.4 Å². The van der Waals surface area contributed by atoms with E-state index in [1.54, 1.807) is 19.1 Å². The molecule has 112 valence electrons. The monoisotopic (exact) mass is 354 g/mol. The number of hydrogen-bond acceptors (Lipinski definition) is 6. The highest BCUT2D eigenvalue weighted by atomic mass is 79.9. The highest BCUT2D eigenvalue weighted by molar-refractivity contribution is 9.10. The number of nitrogens with zero attached hydrogens (tertiary/aromatic N) is 2. The van der Waals surface area contributed by atoms with E-state index in [4.69, 9.17) is 5.73 Å². The maximum atomic E-state index is 11.2. The van der Waals surface area contributed by atoms with E-state index in [1.807, 2.05) is 6.07 Å². The van der Waals surface area contributed by atoms with Crippen molar-refractivity contribution in [1.82, 2.24) is 4.98 Å². The van der Waals surface area contributed by atoms with Crippen LogP contribution in [-0.2, 0) is 0 Å². The van der Waals surface area contributed by atoms with E-state index in [0.717, 1.165) is 4.47 Å². The van der Waals surface area contributed by atoms with Crippen LogP contribution in [0, 0.1) is 10.1 Å². The second-order valence-corrected chi connectivity index (χ2v) is 5.64. The van der Waals surface area contributed by atoms with Gasteiger partial charge >= 0.3 is 5.69 Å². The number of nitrogens with two attached hydrogens (primary N) is 1. The minimum absolute atomic E-state index is 0.126. The average Bonchev–Trinajstić information content (AvgIpc) is 2.43.